The first-order valence-electron chi connectivity index (χ1n) is 8.40. The Morgan fingerprint density at radius 1 is 0.857 bits per heavy atom. The Hall–Kier alpha value is -3.38. The molecule has 2 heterocycles. The average molecular weight is 392 g/mol. The highest BCUT2D eigenvalue weighted by Crippen LogP contribution is 2.37. The van der Waals surface area contributed by atoms with Crippen molar-refractivity contribution in [3.05, 3.63) is 88.7 Å². The van der Waals surface area contributed by atoms with Gasteiger partial charge in [0.05, 0.1) is 10.3 Å². The first kappa shape index (κ1) is 16.8. The number of ketones is 2. The van der Waals surface area contributed by atoms with E-state index in [0.29, 0.717) is 11.3 Å². The van der Waals surface area contributed by atoms with E-state index in [-0.39, 0.29) is 16.7 Å². The van der Waals surface area contributed by atoms with Gasteiger partial charge >= 0.3 is 0 Å². The van der Waals surface area contributed by atoms with Crippen molar-refractivity contribution in [2.75, 3.05) is 0 Å². The van der Waals surface area contributed by atoms with Crippen molar-refractivity contribution in [1.82, 2.24) is 0 Å². The molecule has 0 saturated carbocycles. The number of carbonyl (C=O) groups is 2. The van der Waals surface area contributed by atoms with E-state index in [1.807, 2.05) is 36.4 Å². The lowest BCUT2D eigenvalue weighted by molar-refractivity contribution is 0.0990. The number of halogens is 2. The molecule has 2 aromatic heterocycles. The number of hydrogen-bond donors (Lipinski definition) is 0. The zero-order valence-electron chi connectivity index (χ0n) is 14.2. The van der Waals surface area contributed by atoms with Gasteiger partial charge < -0.3 is 4.42 Å². The molecule has 136 valence electrons. The number of thiophene rings is 1. The zero-order chi connectivity index (χ0) is 19.4. The number of rotatable bonds is 2. The van der Waals surface area contributed by atoms with Crippen molar-refractivity contribution in [3.8, 4) is 10.4 Å². The average Bonchev–Trinajstić information content (AvgIpc) is 3.31. The number of allylic oxidation sites excluding steroid dienone is 1. The second-order valence-electron chi connectivity index (χ2n) is 6.38. The van der Waals surface area contributed by atoms with E-state index in [9.17, 15) is 18.4 Å². The summed E-state index contributed by atoms with van der Waals surface area (Å²) in [6.07, 6.45) is 1.33. The van der Waals surface area contributed by atoms with Gasteiger partial charge in [-0.05, 0) is 23.8 Å². The van der Waals surface area contributed by atoms with Crippen LogP contribution in [-0.4, -0.2) is 11.6 Å². The van der Waals surface area contributed by atoms with Crippen LogP contribution < -0.4 is 0 Å². The van der Waals surface area contributed by atoms with Gasteiger partial charge in [0.25, 0.3) is 0 Å². The predicted molar refractivity (Wildman–Crippen MR) is 103 cm³/mol. The second kappa shape index (κ2) is 6.07. The maximum atomic E-state index is 13.4. The van der Waals surface area contributed by atoms with Crippen LogP contribution in [0.4, 0.5) is 8.78 Å². The Morgan fingerprint density at radius 2 is 1.50 bits per heavy atom. The van der Waals surface area contributed by atoms with Gasteiger partial charge in [0.15, 0.2) is 23.2 Å². The van der Waals surface area contributed by atoms with Crippen LogP contribution >= 0.6 is 11.3 Å². The first-order valence-corrected chi connectivity index (χ1v) is 9.22. The standard InChI is InChI=1S/C22H10F2O3S/c23-16-8-13-14(9-17(16)24)22(26)15(21(13)25)6-12-7-20-18(27-12)10-19(28-20)11-4-2-1-3-5-11/h1-10H. The molecule has 0 spiro atoms. The Bertz CT molecular complexity index is 1240. The summed E-state index contributed by atoms with van der Waals surface area (Å²) in [5, 5.41) is 0. The molecule has 0 bridgehead atoms. The summed E-state index contributed by atoms with van der Waals surface area (Å²) in [6.45, 7) is 0. The molecule has 1 aliphatic rings. The van der Waals surface area contributed by atoms with Crippen LogP contribution in [0, 0.1) is 11.6 Å². The molecule has 1 aliphatic carbocycles. The van der Waals surface area contributed by atoms with Gasteiger partial charge in [-0.1, -0.05) is 30.3 Å². The van der Waals surface area contributed by atoms with Gasteiger partial charge in [0.2, 0.25) is 0 Å². The van der Waals surface area contributed by atoms with Crippen molar-refractivity contribution in [2.45, 2.75) is 0 Å². The van der Waals surface area contributed by atoms with Gasteiger partial charge in [-0.3, -0.25) is 9.59 Å². The third-order valence-corrected chi connectivity index (χ3v) is 5.72. The van der Waals surface area contributed by atoms with Gasteiger partial charge in [0, 0.05) is 28.1 Å². The quantitative estimate of drug-likeness (QED) is 0.315. The highest BCUT2D eigenvalue weighted by atomic mass is 32.1. The van der Waals surface area contributed by atoms with E-state index in [0.717, 1.165) is 27.3 Å². The number of hydrogen-bond acceptors (Lipinski definition) is 4. The molecule has 0 unspecified atom stereocenters. The van der Waals surface area contributed by atoms with Gasteiger partial charge in [0.1, 0.15) is 11.3 Å². The summed E-state index contributed by atoms with van der Waals surface area (Å²) >= 11 is 1.53. The molecule has 0 saturated heterocycles. The van der Waals surface area contributed by atoms with Crippen LogP contribution in [0.2, 0.25) is 0 Å². The summed E-state index contributed by atoms with van der Waals surface area (Å²) < 4.78 is 33.5. The van der Waals surface area contributed by atoms with Gasteiger partial charge in [-0.2, -0.15) is 0 Å². The Labute approximate surface area is 161 Å². The molecule has 0 fully saturated rings. The van der Waals surface area contributed by atoms with Crippen molar-refractivity contribution < 1.29 is 22.8 Å². The van der Waals surface area contributed by atoms with Crippen LogP contribution in [0.5, 0.6) is 0 Å². The normalized spacial score (nSPS) is 13.4. The summed E-state index contributed by atoms with van der Waals surface area (Å²) in [6, 6.07) is 15.0. The van der Waals surface area contributed by atoms with E-state index >= 15 is 0 Å². The molecule has 0 atom stereocenters. The van der Waals surface area contributed by atoms with Crippen molar-refractivity contribution >= 4 is 39.3 Å². The molecule has 0 amide bonds. The molecule has 0 radical (unpaired) electrons. The van der Waals surface area contributed by atoms with Crippen molar-refractivity contribution in [1.29, 1.82) is 0 Å². The number of Topliss-reactive ketones (excluding diaryl/α,β-unsaturated/α-hetero) is 2. The summed E-state index contributed by atoms with van der Waals surface area (Å²) in [7, 11) is 0. The second-order valence-corrected chi connectivity index (χ2v) is 7.47. The topological polar surface area (TPSA) is 47.3 Å². The zero-order valence-corrected chi connectivity index (χ0v) is 15.0. The van der Waals surface area contributed by atoms with Crippen LogP contribution in [-0.2, 0) is 0 Å². The fourth-order valence-electron chi connectivity index (χ4n) is 3.26. The monoisotopic (exact) mass is 392 g/mol. The molecule has 3 nitrogen and oxygen atoms in total. The molecule has 5 rings (SSSR count). The fourth-order valence-corrected chi connectivity index (χ4v) is 4.29. The van der Waals surface area contributed by atoms with Crippen molar-refractivity contribution in [2.24, 2.45) is 0 Å². The van der Waals surface area contributed by atoms with Gasteiger partial charge in [-0.25, -0.2) is 8.78 Å². The smallest absolute Gasteiger partial charge is 0.197 e. The highest BCUT2D eigenvalue weighted by molar-refractivity contribution is 7.22. The van der Waals surface area contributed by atoms with E-state index in [4.69, 9.17) is 4.42 Å². The minimum Gasteiger partial charge on any atom is -0.456 e. The largest absolute Gasteiger partial charge is 0.456 e. The molecule has 28 heavy (non-hydrogen) atoms. The number of fused-ring (bicyclic) bond motifs is 2. The third kappa shape index (κ3) is 2.53. The Balaban J connectivity index is 1.53. The minimum absolute atomic E-state index is 0.130. The minimum atomic E-state index is -1.16. The molecule has 2 aromatic carbocycles. The number of carbonyl (C=O) groups excluding carboxylic acids is 2. The maximum Gasteiger partial charge on any atom is 0.197 e. The number of benzene rings is 2. The molecule has 4 aromatic rings. The first-order chi connectivity index (χ1) is 13.5. The summed E-state index contributed by atoms with van der Waals surface area (Å²) in [5.74, 6) is -3.25. The molecule has 0 N–H and O–H groups in total. The summed E-state index contributed by atoms with van der Waals surface area (Å²) in [5.41, 5.74) is 1.29. The van der Waals surface area contributed by atoms with Crippen LogP contribution in [0.15, 0.2) is 64.6 Å². The molecule has 6 heteroatoms. The van der Waals surface area contributed by atoms with Crippen LogP contribution in [0.25, 0.3) is 26.8 Å². The Kier molecular flexibility index (Phi) is 3.64. The van der Waals surface area contributed by atoms with Crippen LogP contribution in [0.1, 0.15) is 26.5 Å². The van der Waals surface area contributed by atoms with E-state index in [1.54, 1.807) is 6.07 Å². The van der Waals surface area contributed by atoms with Crippen molar-refractivity contribution in [3.63, 3.8) is 0 Å². The lowest BCUT2D eigenvalue weighted by Crippen LogP contribution is -1.99. The molecular formula is C22H10F2O3S. The van der Waals surface area contributed by atoms with E-state index in [1.165, 1.54) is 17.4 Å². The molecule has 0 aliphatic heterocycles. The van der Waals surface area contributed by atoms with Crippen LogP contribution in [0.3, 0.4) is 0 Å². The fraction of sp³-hybridized carbons (Fsp3) is 0. The lowest BCUT2D eigenvalue weighted by atomic mass is 10.1. The lowest BCUT2D eigenvalue weighted by Gasteiger charge is -1.96. The predicted octanol–water partition coefficient (Wildman–Crippen LogP) is 5.90. The number of furan rings is 1. The third-order valence-electron chi connectivity index (χ3n) is 4.61. The Morgan fingerprint density at radius 3 is 2.11 bits per heavy atom. The summed E-state index contributed by atoms with van der Waals surface area (Å²) in [4.78, 5) is 25.9. The van der Waals surface area contributed by atoms with E-state index in [2.05, 4.69) is 0 Å². The van der Waals surface area contributed by atoms with E-state index < -0.39 is 23.2 Å². The highest BCUT2D eigenvalue weighted by Gasteiger charge is 2.34. The van der Waals surface area contributed by atoms with Gasteiger partial charge in [-0.15, -0.1) is 11.3 Å². The SMILES string of the molecule is O=C1C(=Cc2cc3sc(-c4ccccc4)cc3o2)C(=O)c2cc(F)c(F)cc21. The molecular weight excluding hydrogens is 382 g/mol. The maximum absolute atomic E-state index is 13.4.